The van der Waals surface area contributed by atoms with Crippen LogP contribution in [0.25, 0.3) is 0 Å². The lowest BCUT2D eigenvalue weighted by Gasteiger charge is -2.38. The second kappa shape index (κ2) is 14.6. The molecule has 0 atom stereocenters. The van der Waals surface area contributed by atoms with Crippen LogP contribution in [0.2, 0.25) is 0 Å². The van der Waals surface area contributed by atoms with E-state index >= 15 is 4.39 Å². The van der Waals surface area contributed by atoms with Crippen LogP contribution in [-0.4, -0.2) is 25.7 Å². The van der Waals surface area contributed by atoms with Gasteiger partial charge < -0.3 is 18.9 Å². The average molecular weight is 647 g/mol. The van der Waals surface area contributed by atoms with Crippen LogP contribution in [0.4, 0.5) is 30.7 Å². The summed E-state index contributed by atoms with van der Waals surface area (Å²) in [4.78, 5) is 0. The Hall–Kier alpha value is -2.37. The molecule has 3 fully saturated rings. The van der Waals surface area contributed by atoms with Crippen molar-refractivity contribution in [2.24, 2.45) is 17.8 Å². The summed E-state index contributed by atoms with van der Waals surface area (Å²) >= 11 is 0. The third-order valence-electron chi connectivity index (χ3n) is 9.63. The highest BCUT2D eigenvalue weighted by molar-refractivity contribution is 5.31. The Morgan fingerprint density at radius 1 is 0.778 bits per heavy atom. The molecule has 1 heterocycles. The van der Waals surface area contributed by atoms with Gasteiger partial charge in [0.05, 0.1) is 24.9 Å². The third kappa shape index (κ3) is 8.92. The van der Waals surface area contributed by atoms with Crippen LogP contribution >= 0.6 is 0 Å². The molecule has 2 aromatic carbocycles. The Balaban J connectivity index is 1.07. The van der Waals surface area contributed by atoms with Crippen molar-refractivity contribution in [2.75, 3.05) is 13.2 Å². The van der Waals surface area contributed by atoms with Crippen molar-refractivity contribution in [2.45, 2.75) is 108 Å². The van der Waals surface area contributed by atoms with Gasteiger partial charge in [-0.3, -0.25) is 0 Å². The maximum Gasteiger partial charge on any atom is 0.573 e. The zero-order chi connectivity index (χ0) is 32.2. The number of benzene rings is 2. The maximum absolute atomic E-state index is 15.2. The molecule has 250 valence electrons. The quantitative estimate of drug-likeness (QED) is 0.241. The number of rotatable bonds is 10. The number of hydrogen-bond donors (Lipinski definition) is 0. The van der Waals surface area contributed by atoms with Crippen molar-refractivity contribution < 1.29 is 49.7 Å². The predicted octanol–water partition coefficient (Wildman–Crippen LogP) is 10.3. The van der Waals surface area contributed by atoms with Crippen LogP contribution in [0, 0.1) is 29.4 Å². The summed E-state index contributed by atoms with van der Waals surface area (Å²) in [5, 5.41) is 0. The highest BCUT2D eigenvalue weighted by Gasteiger charge is 2.40. The van der Waals surface area contributed by atoms with Gasteiger partial charge in [0.15, 0.2) is 17.9 Å². The fourth-order valence-corrected chi connectivity index (χ4v) is 7.16. The van der Waals surface area contributed by atoms with Crippen molar-refractivity contribution in [3.8, 4) is 5.75 Å². The van der Waals surface area contributed by atoms with Gasteiger partial charge in [0, 0.05) is 11.5 Å². The van der Waals surface area contributed by atoms with Gasteiger partial charge in [-0.1, -0.05) is 31.9 Å². The first-order valence-corrected chi connectivity index (χ1v) is 16.1. The first-order chi connectivity index (χ1) is 21.4. The number of ether oxygens (including phenoxy) is 4. The van der Waals surface area contributed by atoms with Crippen molar-refractivity contribution in [3.63, 3.8) is 0 Å². The molecule has 0 unspecified atom stereocenters. The Morgan fingerprint density at radius 2 is 1.42 bits per heavy atom. The van der Waals surface area contributed by atoms with Crippen molar-refractivity contribution in [3.05, 3.63) is 64.7 Å². The van der Waals surface area contributed by atoms with Gasteiger partial charge in [-0.15, -0.1) is 13.2 Å². The highest BCUT2D eigenvalue weighted by atomic mass is 19.4. The van der Waals surface area contributed by atoms with E-state index in [1.807, 2.05) is 12.1 Å². The van der Waals surface area contributed by atoms with Gasteiger partial charge in [-0.2, -0.15) is 8.78 Å². The minimum absolute atomic E-state index is 0.119. The SMILES string of the molecule is CCCCC1COC(c2ccc(C3CCC(C4CCC(OC(F)(F)c5ccc(OC(F)(F)F)c(F)c5)CC4)CC3)c(F)c2)OC1. The van der Waals surface area contributed by atoms with Crippen LogP contribution in [0.1, 0.15) is 106 Å². The van der Waals surface area contributed by atoms with E-state index in [0.717, 1.165) is 44.9 Å². The molecule has 0 spiro atoms. The van der Waals surface area contributed by atoms with Crippen LogP contribution in [-0.2, 0) is 20.3 Å². The lowest BCUT2D eigenvalue weighted by atomic mass is 9.69. The first-order valence-electron chi connectivity index (χ1n) is 16.1. The first kappa shape index (κ1) is 34.0. The van der Waals surface area contributed by atoms with E-state index in [9.17, 15) is 26.3 Å². The Morgan fingerprint density at radius 3 is 2.00 bits per heavy atom. The lowest BCUT2D eigenvalue weighted by molar-refractivity contribution is -0.278. The molecule has 2 aromatic rings. The number of halogens is 7. The van der Waals surface area contributed by atoms with E-state index in [4.69, 9.17) is 14.2 Å². The Bertz CT molecular complexity index is 1250. The zero-order valence-corrected chi connectivity index (χ0v) is 25.4. The van der Waals surface area contributed by atoms with Gasteiger partial charge in [-0.05, 0) is 105 Å². The van der Waals surface area contributed by atoms with Gasteiger partial charge in [0.25, 0.3) is 0 Å². The summed E-state index contributed by atoms with van der Waals surface area (Å²) in [5.74, 6) is -1.70. The van der Waals surface area contributed by atoms with Crippen LogP contribution < -0.4 is 4.74 Å². The topological polar surface area (TPSA) is 36.9 Å². The molecule has 11 heteroatoms. The van der Waals surface area contributed by atoms with E-state index in [-0.39, 0.29) is 11.7 Å². The molecule has 45 heavy (non-hydrogen) atoms. The van der Waals surface area contributed by atoms with E-state index in [0.29, 0.717) is 86.0 Å². The Kier molecular flexibility index (Phi) is 11.0. The molecule has 2 aliphatic carbocycles. The molecule has 2 saturated carbocycles. The number of hydrogen-bond acceptors (Lipinski definition) is 4. The molecule has 4 nitrogen and oxygen atoms in total. The monoisotopic (exact) mass is 646 g/mol. The number of alkyl halides is 5. The second-order valence-corrected chi connectivity index (χ2v) is 12.8. The van der Waals surface area contributed by atoms with E-state index in [1.165, 1.54) is 6.07 Å². The predicted molar refractivity (Wildman–Crippen MR) is 153 cm³/mol. The molecule has 0 amide bonds. The molecule has 0 bridgehead atoms. The van der Waals surface area contributed by atoms with Gasteiger partial charge in [-0.25, -0.2) is 8.78 Å². The third-order valence-corrected chi connectivity index (χ3v) is 9.63. The van der Waals surface area contributed by atoms with Gasteiger partial charge in [0.2, 0.25) is 0 Å². The molecular formula is C34H41F7O4. The molecule has 3 aliphatic rings. The summed E-state index contributed by atoms with van der Waals surface area (Å²) in [5.41, 5.74) is 0.536. The average Bonchev–Trinajstić information content (AvgIpc) is 3.01. The van der Waals surface area contributed by atoms with Crippen LogP contribution in [0.5, 0.6) is 5.75 Å². The number of unbranched alkanes of at least 4 members (excludes halogenated alkanes) is 1. The summed E-state index contributed by atoms with van der Waals surface area (Å²) in [6, 6.07) is 6.79. The highest BCUT2D eigenvalue weighted by Crippen LogP contribution is 2.45. The lowest BCUT2D eigenvalue weighted by Crippen LogP contribution is -2.32. The van der Waals surface area contributed by atoms with Crippen molar-refractivity contribution in [1.82, 2.24) is 0 Å². The van der Waals surface area contributed by atoms with Gasteiger partial charge in [0.1, 0.15) is 5.82 Å². The molecule has 0 radical (unpaired) electrons. The summed E-state index contributed by atoms with van der Waals surface area (Å²) in [6.45, 7) is 3.39. The molecule has 0 aromatic heterocycles. The van der Waals surface area contributed by atoms with Crippen LogP contribution in [0.15, 0.2) is 36.4 Å². The smallest absolute Gasteiger partial charge is 0.403 e. The molecule has 1 aliphatic heterocycles. The fraction of sp³-hybridized carbons (Fsp3) is 0.647. The largest absolute Gasteiger partial charge is 0.573 e. The minimum atomic E-state index is -5.14. The van der Waals surface area contributed by atoms with E-state index in [1.54, 1.807) is 0 Å². The normalized spacial score (nSPS) is 28.2. The zero-order valence-electron chi connectivity index (χ0n) is 25.4. The summed E-state index contributed by atoms with van der Waals surface area (Å²) in [7, 11) is 0. The fourth-order valence-electron chi connectivity index (χ4n) is 7.16. The van der Waals surface area contributed by atoms with Gasteiger partial charge >= 0.3 is 12.5 Å². The molecule has 1 saturated heterocycles. The van der Waals surface area contributed by atoms with E-state index < -0.39 is 42.0 Å². The molecular weight excluding hydrogens is 605 g/mol. The van der Waals surface area contributed by atoms with Crippen molar-refractivity contribution in [1.29, 1.82) is 0 Å². The van der Waals surface area contributed by atoms with Crippen molar-refractivity contribution >= 4 is 0 Å². The van der Waals surface area contributed by atoms with Crippen LogP contribution in [0.3, 0.4) is 0 Å². The standard InChI is InChI=1S/C34H41F7O4/c1-2-3-4-21-19-42-32(43-20-21)25-11-15-28(29(35)17-25)24-7-5-22(6-8-24)23-9-13-27(14-10-23)44-33(37,38)26-12-16-31(30(36)18-26)45-34(39,40)41/h11-12,15-18,21-24,27,32H,2-10,13-14,19-20H2,1H3. The minimum Gasteiger partial charge on any atom is -0.403 e. The van der Waals surface area contributed by atoms with E-state index in [2.05, 4.69) is 11.7 Å². The molecule has 5 rings (SSSR count). The second-order valence-electron chi connectivity index (χ2n) is 12.8. The molecule has 0 N–H and O–H groups in total. The summed E-state index contributed by atoms with van der Waals surface area (Å²) in [6.07, 6.45) is -1.20. The maximum atomic E-state index is 15.2. The summed E-state index contributed by atoms with van der Waals surface area (Å²) < 4.78 is 116. The Labute approximate surface area is 259 Å².